The van der Waals surface area contributed by atoms with Crippen molar-refractivity contribution in [2.75, 3.05) is 10.7 Å². The molecule has 2 aromatic heterocycles. The standard InChI is InChI=1S/C10H12ClN7/c1-6-13-3-2-7(16-6)4-14-9-8(11)5-15-10(17-9)18-12/h2-3,5H,4,12H2,1H3,(H2,14,15,17,18). The highest BCUT2D eigenvalue weighted by molar-refractivity contribution is 6.32. The second kappa shape index (κ2) is 5.56. The topological polar surface area (TPSA) is 102 Å². The van der Waals surface area contributed by atoms with Gasteiger partial charge in [0.15, 0.2) is 5.82 Å². The molecular weight excluding hydrogens is 254 g/mol. The van der Waals surface area contributed by atoms with Crippen LogP contribution in [0.4, 0.5) is 11.8 Å². The number of halogens is 1. The smallest absolute Gasteiger partial charge is 0.239 e. The maximum absolute atomic E-state index is 5.96. The maximum atomic E-state index is 5.96. The summed E-state index contributed by atoms with van der Waals surface area (Å²) in [7, 11) is 0. The molecule has 0 aliphatic heterocycles. The number of hydrogen-bond acceptors (Lipinski definition) is 7. The number of nitrogens with two attached hydrogens (primary N) is 1. The molecule has 2 aromatic rings. The number of nitrogens with one attached hydrogen (secondary N) is 2. The summed E-state index contributed by atoms with van der Waals surface area (Å²) in [6.45, 7) is 2.32. The Morgan fingerprint density at radius 3 is 2.89 bits per heavy atom. The fourth-order valence-electron chi connectivity index (χ4n) is 1.34. The second-order valence-corrected chi connectivity index (χ2v) is 3.89. The molecule has 0 aliphatic carbocycles. The normalized spacial score (nSPS) is 10.2. The Labute approximate surface area is 109 Å². The molecule has 0 spiro atoms. The van der Waals surface area contributed by atoms with Crippen LogP contribution in [0.3, 0.4) is 0 Å². The number of aromatic nitrogens is 4. The number of hydrogen-bond donors (Lipinski definition) is 3. The number of rotatable bonds is 4. The summed E-state index contributed by atoms with van der Waals surface area (Å²) in [5.41, 5.74) is 3.20. The molecule has 0 fully saturated rings. The molecule has 0 aromatic carbocycles. The third kappa shape index (κ3) is 3.02. The van der Waals surface area contributed by atoms with E-state index in [0.717, 1.165) is 5.69 Å². The SMILES string of the molecule is Cc1nccc(CNc2nc(NN)ncc2Cl)n1. The molecule has 4 N–H and O–H groups in total. The van der Waals surface area contributed by atoms with Crippen LogP contribution in [0.15, 0.2) is 18.5 Å². The van der Waals surface area contributed by atoms with Crippen LogP contribution in [0, 0.1) is 6.92 Å². The zero-order valence-corrected chi connectivity index (χ0v) is 10.4. The summed E-state index contributed by atoms with van der Waals surface area (Å²) in [5.74, 6) is 6.73. The zero-order valence-electron chi connectivity index (χ0n) is 9.68. The molecule has 0 atom stereocenters. The first-order valence-electron chi connectivity index (χ1n) is 5.20. The van der Waals surface area contributed by atoms with Crippen molar-refractivity contribution in [1.29, 1.82) is 0 Å². The van der Waals surface area contributed by atoms with Crippen LogP contribution >= 0.6 is 11.6 Å². The third-order valence-electron chi connectivity index (χ3n) is 2.14. The molecule has 2 heterocycles. The first-order valence-corrected chi connectivity index (χ1v) is 5.58. The van der Waals surface area contributed by atoms with Gasteiger partial charge >= 0.3 is 0 Å². The van der Waals surface area contributed by atoms with Gasteiger partial charge in [-0.3, -0.25) is 5.43 Å². The Morgan fingerprint density at radius 1 is 1.33 bits per heavy atom. The Hall–Kier alpha value is -1.99. The van der Waals surface area contributed by atoms with Crippen LogP contribution in [0.5, 0.6) is 0 Å². The van der Waals surface area contributed by atoms with Crippen LogP contribution in [0.1, 0.15) is 11.5 Å². The Bertz CT molecular complexity index is 545. The highest BCUT2D eigenvalue weighted by Crippen LogP contribution is 2.19. The molecule has 0 unspecified atom stereocenters. The minimum Gasteiger partial charge on any atom is -0.363 e. The molecule has 0 amide bonds. The lowest BCUT2D eigenvalue weighted by molar-refractivity contribution is 0.947. The van der Waals surface area contributed by atoms with E-state index in [4.69, 9.17) is 17.4 Å². The van der Waals surface area contributed by atoms with Crippen molar-refractivity contribution >= 4 is 23.4 Å². The summed E-state index contributed by atoms with van der Waals surface area (Å²) in [6, 6.07) is 1.82. The average Bonchev–Trinajstić information content (AvgIpc) is 2.38. The van der Waals surface area contributed by atoms with Gasteiger partial charge in [-0.25, -0.2) is 20.8 Å². The van der Waals surface area contributed by atoms with Gasteiger partial charge in [0.2, 0.25) is 5.95 Å². The summed E-state index contributed by atoms with van der Waals surface area (Å²) in [6.07, 6.45) is 3.17. The van der Waals surface area contributed by atoms with E-state index in [1.54, 1.807) is 6.20 Å². The highest BCUT2D eigenvalue weighted by Gasteiger charge is 2.05. The number of nitrogens with zero attached hydrogens (tertiary/aromatic N) is 4. The van der Waals surface area contributed by atoms with Gasteiger partial charge in [-0.05, 0) is 13.0 Å². The minimum atomic E-state index is 0.292. The maximum Gasteiger partial charge on any atom is 0.239 e. The van der Waals surface area contributed by atoms with Crippen molar-refractivity contribution in [1.82, 2.24) is 19.9 Å². The van der Waals surface area contributed by atoms with E-state index in [2.05, 4.69) is 30.7 Å². The van der Waals surface area contributed by atoms with Crippen molar-refractivity contribution < 1.29 is 0 Å². The lowest BCUT2D eigenvalue weighted by atomic mass is 10.4. The molecule has 7 nitrogen and oxygen atoms in total. The van der Waals surface area contributed by atoms with E-state index >= 15 is 0 Å². The van der Waals surface area contributed by atoms with Crippen LogP contribution in [-0.4, -0.2) is 19.9 Å². The van der Waals surface area contributed by atoms with E-state index in [1.807, 2.05) is 13.0 Å². The molecule has 2 rings (SSSR count). The van der Waals surface area contributed by atoms with Crippen LogP contribution < -0.4 is 16.6 Å². The predicted molar refractivity (Wildman–Crippen MR) is 68.9 cm³/mol. The number of nitrogen functional groups attached to an aromatic ring is 1. The Balaban J connectivity index is 2.10. The lowest BCUT2D eigenvalue weighted by Gasteiger charge is -2.08. The van der Waals surface area contributed by atoms with Crippen LogP contribution in [0.25, 0.3) is 0 Å². The Morgan fingerprint density at radius 2 is 2.17 bits per heavy atom. The van der Waals surface area contributed by atoms with Gasteiger partial charge in [-0.1, -0.05) is 11.6 Å². The summed E-state index contributed by atoms with van der Waals surface area (Å²) in [4.78, 5) is 16.3. The lowest BCUT2D eigenvalue weighted by Crippen LogP contribution is -2.12. The summed E-state index contributed by atoms with van der Waals surface area (Å²) < 4.78 is 0. The third-order valence-corrected chi connectivity index (χ3v) is 2.42. The van der Waals surface area contributed by atoms with Crippen molar-refractivity contribution in [3.05, 3.63) is 35.0 Å². The molecular formula is C10H12ClN7. The van der Waals surface area contributed by atoms with E-state index in [1.165, 1.54) is 6.20 Å². The van der Waals surface area contributed by atoms with Crippen molar-refractivity contribution in [2.45, 2.75) is 13.5 Å². The molecule has 94 valence electrons. The summed E-state index contributed by atoms with van der Waals surface area (Å²) >= 11 is 5.96. The van der Waals surface area contributed by atoms with Crippen molar-refractivity contribution in [3.63, 3.8) is 0 Å². The molecule has 0 radical (unpaired) electrons. The first kappa shape index (κ1) is 12.5. The van der Waals surface area contributed by atoms with Gasteiger partial charge in [-0.15, -0.1) is 0 Å². The van der Waals surface area contributed by atoms with Gasteiger partial charge in [0.1, 0.15) is 10.8 Å². The molecule has 0 saturated carbocycles. The van der Waals surface area contributed by atoms with Crippen molar-refractivity contribution in [2.24, 2.45) is 5.84 Å². The van der Waals surface area contributed by atoms with Crippen LogP contribution in [0.2, 0.25) is 5.02 Å². The fraction of sp³-hybridized carbons (Fsp3) is 0.200. The molecule has 8 heteroatoms. The zero-order chi connectivity index (χ0) is 13.0. The van der Waals surface area contributed by atoms with Gasteiger partial charge in [0, 0.05) is 6.20 Å². The van der Waals surface area contributed by atoms with Crippen molar-refractivity contribution in [3.8, 4) is 0 Å². The summed E-state index contributed by atoms with van der Waals surface area (Å²) in [5, 5.41) is 3.48. The average molecular weight is 266 g/mol. The minimum absolute atomic E-state index is 0.292. The first-order chi connectivity index (χ1) is 8.69. The van der Waals surface area contributed by atoms with Gasteiger partial charge < -0.3 is 5.32 Å². The highest BCUT2D eigenvalue weighted by atomic mass is 35.5. The molecule has 0 bridgehead atoms. The molecule has 0 aliphatic rings. The number of aryl methyl sites for hydroxylation is 1. The predicted octanol–water partition coefficient (Wildman–Crippen LogP) is 1.13. The monoisotopic (exact) mass is 265 g/mol. The van der Waals surface area contributed by atoms with E-state index < -0.39 is 0 Å². The fourth-order valence-corrected chi connectivity index (χ4v) is 1.50. The Kier molecular flexibility index (Phi) is 3.85. The van der Waals surface area contributed by atoms with Gasteiger partial charge in [0.25, 0.3) is 0 Å². The largest absolute Gasteiger partial charge is 0.363 e. The molecule has 18 heavy (non-hydrogen) atoms. The van der Waals surface area contributed by atoms with E-state index in [9.17, 15) is 0 Å². The van der Waals surface area contributed by atoms with E-state index in [-0.39, 0.29) is 0 Å². The quantitative estimate of drug-likeness (QED) is 0.562. The van der Waals surface area contributed by atoms with E-state index in [0.29, 0.717) is 29.2 Å². The number of hydrazine groups is 1. The van der Waals surface area contributed by atoms with Gasteiger partial charge in [0.05, 0.1) is 18.4 Å². The van der Waals surface area contributed by atoms with Gasteiger partial charge in [-0.2, -0.15) is 4.98 Å². The van der Waals surface area contributed by atoms with Crippen LogP contribution in [-0.2, 0) is 6.54 Å². The second-order valence-electron chi connectivity index (χ2n) is 3.48. The molecule has 0 saturated heterocycles. The number of anilines is 2.